The Hall–Kier alpha value is -1.57. The molecular formula is C15H17NO4S2. The Morgan fingerprint density at radius 3 is 2.59 bits per heavy atom. The van der Waals surface area contributed by atoms with Crippen molar-refractivity contribution in [2.24, 2.45) is 0 Å². The zero-order valence-corrected chi connectivity index (χ0v) is 14.2. The summed E-state index contributed by atoms with van der Waals surface area (Å²) < 4.78 is 37.9. The lowest BCUT2D eigenvalue weighted by molar-refractivity contribution is 0.173. The normalized spacial score (nSPS) is 14.5. The van der Waals surface area contributed by atoms with Crippen molar-refractivity contribution in [3.63, 3.8) is 0 Å². The van der Waals surface area contributed by atoms with E-state index >= 15 is 0 Å². The van der Waals surface area contributed by atoms with Crippen molar-refractivity contribution in [3.8, 4) is 11.5 Å². The second kappa shape index (κ2) is 5.26. The first-order valence-electron chi connectivity index (χ1n) is 6.76. The van der Waals surface area contributed by atoms with Gasteiger partial charge >= 0.3 is 0 Å². The highest BCUT2D eigenvalue weighted by Crippen LogP contribution is 2.39. The molecule has 2 aromatic rings. The van der Waals surface area contributed by atoms with E-state index in [9.17, 15) is 8.42 Å². The molecule has 0 spiro atoms. The number of hydrogen-bond donors (Lipinski definition) is 0. The number of thiophene rings is 1. The van der Waals surface area contributed by atoms with E-state index in [2.05, 4.69) is 0 Å². The second-order valence-corrected chi connectivity index (χ2v) is 8.68. The van der Waals surface area contributed by atoms with E-state index in [1.54, 1.807) is 24.6 Å². The van der Waals surface area contributed by atoms with Gasteiger partial charge in [-0.2, -0.15) is 4.31 Å². The summed E-state index contributed by atoms with van der Waals surface area (Å²) in [7, 11) is -1.94. The summed E-state index contributed by atoms with van der Waals surface area (Å²) in [5.41, 5.74) is 0.128. The predicted octanol–water partition coefficient (Wildman–Crippen LogP) is 3.03. The number of sulfonamides is 1. The fourth-order valence-corrected chi connectivity index (χ4v) is 4.97. The maximum Gasteiger partial charge on any atom is 0.253 e. The monoisotopic (exact) mass is 339 g/mol. The summed E-state index contributed by atoms with van der Waals surface area (Å²) in [6.45, 7) is 3.94. The first-order valence-corrected chi connectivity index (χ1v) is 9.08. The molecule has 0 bridgehead atoms. The zero-order valence-electron chi connectivity index (χ0n) is 12.6. The van der Waals surface area contributed by atoms with E-state index in [0.29, 0.717) is 15.7 Å². The Morgan fingerprint density at radius 2 is 1.91 bits per heavy atom. The molecule has 1 aliphatic heterocycles. The van der Waals surface area contributed by atoms with Gasteiger partial charge in [-0.25, -0.2) is 8.42 Å². The van der Waals surface area contributed by atoms with Crippen LogP contribution in [0.15, 0.2) is 39.9 Å². The molecule has 3 rings (SSSR count). The number of ether oxygens (including phenoxy) is 2. The van der Waals surface area contributed by atoms with Gasteiger partial charge in [0.1, 0.15) is 4.21 Å². The zero-order chi connectivity index (χ0) is 16.0. The quantitative estimate of drug-likeness (QED) is 0.859. The third-order valence-electron chi connectivity index (χ3n) is 3.98. The number of benzene rings is 1. The lowest BCUT2D eigenvalue weighted by Gasteiger charge is -2.34. The standard InChI is InChI=1S/C15H17NO4S2/c1-15(2,11-6-7-12-13(9-11)20-10-19-12)16(3)22(17,18)14-5-4-8-21-14/h4-9H,10H2,1-3H3. The minimum atomic E-state index is -3.54. The van der Waals surface area contributed by atoms with Crippen LogP contribution in [0, 0.1) is 0 Å². The van der Waals surface area contributed by atoms with Crippen LogP contribution in [0.25, 0.3) is 0 Å². The minimum absolute atomic E-state index is 0.197. The van der Waals surface area contributed by atoms with E-state index in [-0.39, 0.29) is 6.79 Å². The number of nitrogens with zero attached hydrogens (tertiary/aromatic N) is 1. The topological polar surface area (TPSA) is 55.8 Å². The van der Waals surface area contributed by atoms with Crippen molar-refractivity contribution in [1.29, 1.82) is 0 Å². The van der Waals surface area contributed by atoms with E-state index < -0.39 is 15.6 Å². The summed E-state index contributed by atoms with van der Waals surface area (Å²) in [6, 6.07) is 8.87. The van der Waals surface area contributed by atoms with Crippen molar-refractivity contribution < 1.29 is 17.9 Å². The summed E-state index contributed by atoms with van der Waals surface area (Å²) >= 11 is 1.22. The van der Waals surface area contributed by atoms with E-state index in [1.165, 1.54) is 15.6 Å². The van der Waals surface area contributed by atoms with Crippen LogP contribution in [0.1, 0.15) is 19.4 Å². The second-order valence-electron chi connectivity index (χ2n) is 5.53. The molecule has 1 aromatic heterocycles. The molecule has 0 atom stereocenters. The largest absolute Gasteiger partial charge is 0.454 e. The summed E-state index contributed by atoms with van der Waals surface area (Å²) in [4.78, 5) is 0. The molecule has 5 nitrogen and oxygen atoms in total. The highest BCUT2D eigenvalue weighted by Gasteiger charge is 2.36. The molecule has 118 valence electrons. The van der Waals surface area contributed by atoms with Crippen molar-refractivity contribution in [1.82, 2.24) is 4.31 Å². The molecule has 1 aliphatic rings. The molecule has 2 heterocycles. The van der Waals surface area contributed by atoms with Crippen molar-refractivity contribution in [2.45, 2.75) is 23.6 Å². The van der Waals surface area contributed by atoms with Crippen LogP contribution in [0.4, 0.5) is 0 Å². The molecule has 0 saturated heterocycles. The molecule has 1 aromatic carbocycles. The van der Waals surface area contributed by atoms with Gasteiger partial charge in [0.2, 0.25) is 6.79 Å². The third kappa shape index (κ3) is 2.39. The van der Waals surface area contributed by atoms with Gasteiger partial charge in [-0.3, -0.25) is 0 Å². The first kappa shape index (κ1) is 15.3. The molecular weight excluding hydrogens is 322 g/mol. The molecule has 0 aliphatic carbocycles. The summed E-state index contributed by atoms with van der Waals surface area (Å²) in [5.74, 6) is 1.33. The lowest BCUT2D eigenvalue weighted by atomic mass is 9.94. The maximum atomic E-state index is 12.7. The molecule has 22 heavy (non-hydrogen) atoms. The van der Waals surface area contributed by atoms with E-state index in [1.807, 2.05) is 32.0 Å². The van der Waals surface area contributed by atoms with Crippen molar-refractivity contribution >= 4 is 21.4 Å². The Kier molecular flexibility index (Phi) is 3.66. The van der Waals surface area contributed by atoms with Gasteiger partial charge in [0, 0.05) is 7.05 Å². The maximum absolute atomic E-state index is 12.7. The first-order chi connectivity index (χ1) is 10.3. The van der Waals surface area contributed by atoms with Gasteiger partial charge in [-0.1, -0.05) is 12.1 Å². The highest BCUT2D eigenvalue weighted by molar-refractivity contribution is 7.91. The minimum Gasteiger partial charge on any atom is -0.454 e. The Bertz CT molecular complexity index is 782. The third-order valence-corrected chi connectivity index (χ3v) is 7.38. The van der Waals surface area contributed by atoms with Crippen molar-refractivity contribution in [2.75, 3.05) is 13.8 Å². The van der Waals surface area contributed by atoms with Gasteiger partial charge in [-0.15, -0.1) is 11.3 Å². The molecule has 0 radical (unpaired) electrons. The predicted molar refractivity (Wildman–Crippen MR) is 84.9 cm³/mol. The fourth-order valence-electron chi connectivity index (χ4n) is 2.30. The molecule has 0 fully saturated rings. The number of hydrogen-bond acceptors (Lipinski definition) is 5. The van der Waals surface area contributed by atoms with Gasteiger partial charge < -0.3 is 9.47 Å². The average molecular weight is 339 g/mol. The van der Waals surface area contributed by atoms with Gasteiger partial charge in [0.25, 0.3) is 10.0 Å². The molecule has 0 unspecified atom stereocenters. The molecule has 0 N–H and O–H groups in total. The number of fused-ring (bicyclic) bond motifs is 1. The highest BCUT2D eigenvalue weighted by atomic mass is 32.2. The van der Waals surface area contributed by atoms with Crippen LogP contribution in [0.3, 0.4) is 0 Å². The van der Waals surface area contributed by atoms with Crippen LogP contribution >= 0.6 is 11.3 Å². The number of rotatable bonds is 4. The summed E-state index contributed by atoms with van der Waals surface area (Å²) in [6.07, 6.45) is 0. The van der Waals surface area contributed by atoms with Crippen molar-refractivity contribution in [3.05, 3.63) is 41.3 Å². The molecule has 7 heteroatoms. The lowest BCUT2D eigenvalue weighted by Crippen LogP contribution is -2.42. The van der Waals surface area contributed by atoms with E-state index in [0.717, 1.165) is 5.56 Å². The smallest absolute Gasteiger partial charge is 0.253 e. The Labute approximate surface area is 134 Å². The Morgan fingerprint density at radius 1 is 1.18 bits per heavy atom. The van der Waals surface area contributed by atoms with E-state index in [4.69, 9.17) is 9.47 Å². The van der Waals surface area contributed by atoms with Crippen LogP contribution in [0.2, 0.25) is 0 Å². The van der Waals surface area contributed by atoms with Crippen LogP contribution < -0.4 is 9.47 Å². The average Bonchev–Trinajstić information content (AvgIpc) is 3.16. The Balaban J connectivity index is 1.99. The van der Waals surface area contributed by atoms with Gasteiger partial charge in [-0.05, 0) is 43.0 Å². The van der Waals surface area contributed by atoms with Gasteiger partial charge in [0.05, 0.1) is 5.54 Å². The fraction of sp³-hybridized carbons (Fsp3) is 0.333. The molecule has 0 amide bonds. The van der Waals surface area contributed by atoms with Crippen LogP contribution in [-0.2, 0) is 15.6 Å². The SMILES string of the molecule is CN(C(C)(C)c1ccc2c(c1)OCO2)S(=O)(=O)c1cccs1. The van der Waals surface area contributed by atoms with Gasteiger partial charge in [0.15, 0.2) is 11.5 Å². The summed E-state index contributed by atoms with van der Waals surface area (Å²) in [5, 5.41) is 1.76. The molecule has 0 saturated carbocycles. The van der Waals surface area contributed by atoms with Crippen LogP contribution in [-0.4, -0.2) is 26.6 Å². The van der Waals surface area contributed by atoms with Crippen LogP contribution in [0.5, 0.6) is 11.5 Å².